The molecule has 2 N–H and O–H groups in total. The van der Waals surface area contributed by atoms with Gasteiger partial charge in [-0.1, -0.05) is 0 Å². The van der Waals surface area contributed by atoms with Crippen LogP contribution in [0.15, 0.2) is 10.4 Å². The number of likely N-dealkylation sites (tertiary alicyclic amines) is 1. The smallest absolute Gasteiger partial charge is 0.251 e. The van der Waals surface area contributed by atoms with Crippen LogP contribution in [0.4, 0.5) is 13.9 Å². The SMILES string of the molecule is CCNC(=NCCc1csc(N2CCCC2)n1)NC1CCN(CC(F)F)CC1.I. The van der Waals surface area contributed by atoms with Gasteiger partial charge in [-0.05, 0) is 32.6 Å². The molecular formula is C19H33F2IN6S. The number of hydrogen-bond donors (Lipinski definition) is 2. The zero-order valence-corrected chi connectivity index (χ0v) is 20.2. The van der Waals surface area contributed by atoms with Crippen molar-refractivity contribution in [2.45, 2.75) is 51.5 Å². The molecule has 0 aliphatic carbocycles. The molecule has 0 amide bonds. The first-order valence-electron chi connectivity index (χ1n) is 10.4. The van der Waals surface area contributed by atoms with E-state index in [1.54, 1.807) is 11.3 Å². The molecule has 0 unspecified atom stereocenters. The average Bonchev–Trinajstić information content (AvgIpc) is 3.34. The van der Waals surface area contributed by atoms with E-state index in [1.807, 2.05) is 11.8 Å². The lowest BCUT2D eigenvalue weighted by molar-refractivity contribution is 0.0744. The molecular weight excluding hydrogens is 509 g/mol. The summed E-state index contributed by atoms with van der Waals surface area (Å²) in [5.74, 6) is 0.810. The van der Waals surface area contributed by atoms with Crippen molar-refractivity contribution in [2.24, 2.45) is 4.99 Å². The number of aliphatic imine (C=N–C) groups is 1. The van der Waals surface area contributed by atoms with Crippen LogP contribution in [0.3, 0.4) is 0 Å². The molecule has 29 heavy (non-hydrogen) atoms. The van der Waals surface area contributed by atoms with Crippen LogP contribution >= 0.6 is 35.3 Å². The third kappa shape index (κ3) is 8.12. The van der Waals surface area contributed by atoms with Gasteiger partial charge in [-0.25, -0.2) is 13.8 Å². The summed E-state index contributed by atoms with van der Waals surface area (Å²) in [6.07, 6.45) is 2.83. The molecule has 2 fully saturated rings. The van der Waals surface area contributed by atoms with E-state index in [-0.39, 0.29) is 36.6 Å². The van der Waals surface area contributed by atoms with E-state index in [0.29, 0.717) is 19.6 Å². The second-order valence-corrected chi connectivity index (χ2v) is 8.27. The summed E-state index contributed by atoms with van der Waals surface area (Å²) >= 11 is 1.73. The number of rotatable bonds is 8. The number of nitrogens with zero attached hydrogens (tertiary/aromatic N) is 4. The lowest BCUT2D eigenvalue weighted by Gasteiger charge is -2.32. The number of thiazole rings is 1. The normalized spacial score (nSPS) is 18.9. The maximum atomic E-state index is 12.5. The van der Waals surface area contributed by atoms with E-state index < -0.39 is 6.43 Å². The van der Waals surface area contributed by atoms with Crippen LogP contribution in [-0.2, 0) is 6.42 Å². The van der Waals surface area contributed by atoms with Crippen molar-refractivity contribution in [2.75, 3.05) is 50.7 Å². The number of alkyl halides is 2. The van der Waals surface area contributed by atoms with Crippen molar-refractivity contribution in [3.8, 4) is 0 Å². The van der Waals surface area contributed by atoms with Gasteiger partial charge in [0.2, 0.25) is 0 Å². The summed E-state index contributed by atoms with van der Waals surface area (Å²) in [6, 6.07) is 0.285. The highest BCUT2D eigenvalue weighted by molar-refractivity contribution is 14.0. The molecule has 166 valence electrons. The summed E-state index contributed by atoms with van der Waals surface area (Å²) in [7, 11) is 0. The third-order valence-corrected chi connectivity index (χ3v) is 6.17. The number of piperidine rings is 1. The van der Waals surface area contributed by atoms with Gasteiger partial charge in [0.05, 0.1) is 12.2 Å². The van der Waals surface area contributed by atoms with Crippen LogP contribution in [0.25, 0.3) is 0 Å². The predicted octanol–water partition coefficient (Wildman–Crippen LogP) is 3.19. The summed E-state index contributed by atoms with van der Waals surface area (Å²) < 4.78 is 25.0. The molecule has 2 aliphatic heterocycles. The highest BCUT2D eigenvalue weighted by atomic mass is 127. The summed E-state index contributed by atoms with van der Waals surface area (Å²) in [5, 5.41) is 10.0. The first kappa shape index (κ1) is 24.5. The van der Waals surface area contributed by atoms with Crippen molar-refractivity contribution in [3.63, 3.8) is 0 Å². The lowest BCUT2D eigenvalue weighted by Crippen LogP contribution is -2.49. The highest BCUT2D eigenvalue weighted by Gasteiger charge is 2.22. The van der Waals surface area contributed by atoms with Gasteiger partial charge in [-0.3, -0.25) is 9.89 Å². The van der Waals surface area contributed by atoms with E-state index in [9.17, 15) is 8.78 Å². The highest BCUT2D eigenvalue weighted by Crippen LogP contribution is 2.24. The van der Waals surface area contributed by atoms with Gasteiger partial charge in [0.1, 0.15) is 0 Å². The number of aromatic nitrogens is 1. The van der Waals surface area contributed by atoms with Crippen molar-refractivity contribution in [1.29, 1.82) is 0 Å². The Kier molecular flexibility index (Phi) is 10.9. The van der Waals surface area contributed by atoms with Gasteiger partial charge in [-0.15, -0.1) is 35.3 Å². The van der Waals surface area contributed by atoms with E-state index in [2.05, 4.69) is 25.9 Å². The standard InChI is InChI=1S/C19H32F2N6S.HI/c1-2-22-18(24-15-6-11-26(12-7-15)13-17(20)21)23-8-5-16-14-28-19(25-16)27-9-3-4-10-27;/h14-15,17H,2-13H2,1H3,(H2,22,23,24);1H. The van der Waals surface area contributed by atoms with E-state index >= 15 is 0 Å². The van der Waals surface area contributed by atoms with Crippen molar-refractivity contribution >= 4 is 46.4 Å². The molecule has 3 heterocycles. The fraction of sp³-hybridized carbons (Fsp3) is 0.789. The minimum absolute atomic E-state index is 0. The Morgan fingerprint density at radius 2 is 2.00 bits per heavy atom. The van der Waals surface area contributed by atoms with Crippen LogP contribution in [-0.4, -0.2) is 74.1 Å². The van der Waals surface area contributed by atoms with Crippen LogP contribution in [0.2, 0.25) is 0 Å². The quantitative estimate of drug-likeness (QED) is 0.301. The second kappa shape index (κ2) is 12.8. The van der Waals surface area contributed by atoms with E-state index in [4.69, 9.17) is 4.98 Å². The Morgan fingerprint density at radius 3 is 2.66 bits per heavy atom. The molecule has 10 heteroatoms. The van der Waals surface area contributed by atoms with Crippen LogP contribution in [0.1, 0.15) is 38.3 Å². The lowest BCUT2D eigenvalue weighted by atomic mass is 10.1. The molecule has 0 saturated carbocycles. The number of guanidine groups is 1. The zero-order valence-electron chi connectivity index (χ0n) is 17.1. The van der Waals surface area contributed by atoms with Crippen LogP contribution < -0.4 is 15.5 Å². The minimum Gasteiger partial charge on any atom is -0.357 e. The maximum Gasteiger partial charge on any atom is 0.251 e. The molecule has 0 bridgehead atoms. The minimum atomic E-state index is -2.25. The van der Waals surface area contributed by atoms with E-state index in [0.717, 1.165) is 55.7 Å². The van der Waals surface area contributed by atoms with Gasteiger partial charge < -0.3 is 15.5 Å². The maximum absolute atomic E-state index is 12.5. The topological polar surface area (TPSA) is 55.8 Å². The van der Waals surface area contributed by atoms with Crippen LogP contribution in [0.5, 0.6) is 0 Å². The van der Waals surface area contributed by atoms with Gasteiger partial charge in [0.25, 0.3) is 6.43 Å². The molecule has 2 saturated heterocycles. The van der Waals surface area contributed by atoms with Gasteiger partial charge in [0.15, 0.2) is 11.1 Å². The Morgan fingerprint density at radius 1 is 1.28 bits per heavy atom. The first-order chi connectivity index (χ1) is 13.6. The fourth-order valence-corrected chi connectivity index (χ4v) is 4.63. The van der Waals surface area contributed by atoms with Gasteiger partial charge in [0, 0.05) is 57.1 Å². The largest absolute Gasteiger partial charge is 0.357 e. The molecule has 3 rings (SSSR count). The molecule has 0 radical (unpaired) electrons. The summed E-state index contributed by atoms with van der Waals surface area (Å²) in [5.41, 5.74) is 1.10. The summed E-state index contributed by atoms with van der Waals surface area (Å²) in [6.45, 7) is 7.07. The summed E-state index contributed by atoms with van der Waals surface area (Å²) in [4.78, 5) is 13.6. The van der Waals surface area contributed by atoms with Crippen molar-refractivity contribution in [3.05, 3.63) is 11.1 Å². The molecule has 6 nitrogen and oxygen atoms in total. The Hall–Kier alpha value is -0.750. The average molecular weight is 542 g/mol. The van der Waals surface area contributed by atoms with Crippen molar-refractivity contribution < 1.29 is 8.78 Å². The Labute approximate surface area is 193 Å². The third-order valence-electron chi connectivity index (χ3n) is 5.22. The molecule has 1 aromatic heterocycles. The molecule has 0 aromatic carbocycles. The fourth-order valence-electron chi connectivity index (χ4n) is 3.72. The molecule has 1 aromatic rings. The predicted molar refractivity (Wildman–Crippen MR) is 127 cm³/mol. The van der Waals surface area contributed by atoms with Gasteiger partial charge >= 0.3 is 0 Å². The number of halogens is 3. The molecule has 2 aliphatic rings. The zero-order chi connectivity index (χ0) is 19.8. The van der Waals surface area contributed by atoms with Crippen molar-refractivity contribution in [1.82, 2.24) is 20.5 Å². The van der Waals surface area contributed by atoms with E-state index in [1.165, 1.54) is 12.8 Å². The first-order valence-corrected chi connectivity index (χ1v) is 11.3. The van der Waals surface area contributed by atoms with Gasteiger partial charge in [-0.2, -0.15) is 0 Å². The molecule has 0 atom stereocenters. The Balaban J connectivity index is 0.00000300. The number of hydrogen-bond acceptors (Lipinski definition) is 5. The van der Waals surface area contributed by atoms with Crippen LogP contribution in [0, 0.1) is 0 Å². The monoisotopic (exact) mass is 542 g/mol. The molecule has 0 spiro atoms. The Bertz CT molecular complexity index is 616. The second-order valence-electron chi connectivity index (χ2n) is 7.44. The number of nitrogens with one attached hydrogen (secondary N) is 2. The number of anilines is 1.